The van der Waals surface area contributed by atoms with Gasteiger partial charge in [0.25, 0.3) is 0 Å². The van der Waals surface area contributed by atoms with Crippen molar-refractivity contribution in [1.82, 2.24) is 9.88 Å². The molecule has 0 radical (unpaired) electrons. The molecular weight excluding hydrogens is 370 g/mol. The summed E-state index contributed by atoms with van der Waals surface area (Å²) in [7, 11) is -2.15. The maximum atomic E-state index is 12.5. The smallest absolute Gasteiger partial charge is 0.240 e. The molecule has 1 aromatic carbocycles. The molecule has 148 valence electrons. The fourth-order valence-corrected chi connectivity index (χ4v) is 4.05. The molecule has 1 heterocycles. The molecule has 8 nitrogen and oxygen atoms in total. The summed E-state index contributed by atoms with van der Waals surface area (Å²) in [6, 6.07) is 5.63. The van der Waals surface area contributed by atoms with Gasteiger partial charge in [0, 0.05) is 24.4 Å². The Hall–Kier alpha value is -2.23. The first-order valence-electron chi connectivity index (χ1n) is 8.50. The second kappa shape index (κ2) is 8.64. The molecular formula is C18H25N3O5S. The summed E-state index contributed by atoms with van der Waals surface area (Å²) >= 11 is 0. The number of carbonyl (C=O) groups excluding carboxylic acids is 1. The zero-order chi connectivity index (χ0) is 20.2. The van der Waals surface area contributed by atoms with Gasteiger partial charge in [0.2, 0.25) is 15.9 Å². The van der Waals surface area contributed by atoms with E-state index in [9.17, 15) is 13.2 Å². The van der Waals surface area contributed by atoms with E-state index in [0.717, 1.165) is 5.56 Å². The Morgan fingerprint density at radius 1 is 1.22 bits per heavy atom. The fourth-order valence-electron chi connectivity index (χ4n) is 2.82. The lowest BCUT2D eigenvalue weighted by Crippen LogP contribution is -2.35. The lowest BCUT2D eigenvalue weighted by Gasteiger charge is -2.14. The summed E-state index contributed by atoms with van der Waals surface area (Å²) < 4.78 is 37.2. The van der Waals surface area contributed by atoms with E-state index in [-0.39, 0.29) is 23.5 Å². The number of aryl methyl sites for hydroxylation is 2. The van der Waals surface area contributed by atoms with Gasteiger partial charge in [0.1, 0.15) is 5.76 Å². The number of amides is 1. The van der Waals surface area contributed by atoms with Gasteiger partial charge in [-0.1, -0.05) is 5.16 Å². The van der Waals surface area contributed by atoms with Crippen LogP contribution in [0, 0.1) is 13.8 Å². The number of carbonyl (C=O) groups is 1. The van der Waals surface area contributed by atoms with Crippen LogP contribution in [-0.2, 0) is 19.6 Å². The lowest BCUT2D eigenvalue weighted by molar-refractivity contribution is -0.117. The van der Waals surface area contributed by atoms with E-state index in [2.05, 4.69) is 15.2 Å². The van der Waals surface area contributed by atoms with Crippen LogP contribution in [0.3, 0.4) is 0 Å². The van der Waals surface area contributed by atoms with Gasteiger partial charge in [-0.2, -0.15) is 0 Å². The molecule has 0 spiro atoms. The number of nitrogens with one attached hydrogen (secondary N) is 2. The minimum Gasteiger partial charge on any atom is -0.383 e. The van der Waals surface area contributed by atoms with Gasteiger partial charge in [0.15, 0.2) is 0 Å². The van der Waals surface area contributed by atoms with E-state index in [0.29, 0.717) is 17.1 Å². The average Bonchev–Trinajstić information content (AvgIpc) is 2.93. The van der Waals surface area contributed by atoms with Gasteiger partial charge < -0.3 is 14.6 Å². The number of methoxy groups -OCH3 is 1. The van der Waals surface area contributed by atoms with Gasteiger partial charge in [-0.3, -0.25) is 4.79 Å². The molecule has 1 aromatic heterocycles. The molecule has 0 saturated carbocycles. The molecule has 2 aromatic rings. The topological polar surface area (TPSA) is 111 Å². The fraction of sp³-hybridized carbons (Fsp3) is 0.444. The molecule has 0 aliphatic carbocycles. The first kappa shape index (κ1) is 21.1. The second-order valence-corrected chi connectivity index (χ2v) is 8.16. The molecule has 2 N–H and O–H groups in total. The highest BCUT2D eigenvalue weighted by atomic mass is 32.2. The van der Waals surface area contributed by atoms with Crippen LogP contribution in [0.5, 0.6) is 0 Å². The van der Waals surface area contributed by atoms with Crippen LogP contribution in [0.1, 0.15) is 36.8 Å². The third-order valence-corrected chi connectivity index (χ3v) is 5.73. The summed E-state index contributed by atoms with van der Waals surface area (Å²) in [5.41, 5.74) is 1.93. The zero-order valence-electron chi connectivity index (χ0n) is 16.1. The number of anilines is 1. The van der Waals surface area contributed by atoms with Crippen molar-refractivity contribution in [2.24, 2.45) is 0 Å². The number of hydrogen-bond acceptors (Lipinski definition) is 6. The third kappa shape index (κ3) is 5.15. The predicted molar refractivity (Wildman–Crippen MR) is 101 cm³/mol. The number of nitrogens with zero attached hydrogens (tertiary/aromatic N) is 1. The van der Waals surface area contributed by atoms with Gasteiger partial charge in [-0.25, -0.2) is 13.1 Å². The summed E-state index contributed by atoms with van der Waals surface area (Å²) in [6.07, 6.45) is 0. The summed E-state index contributed by atoms with van der Waals surface area (Å²) in [4.78, 5) is 12.6. The standard InChI is InChI=1S/C18H25N3O5S/c1-11(10-25-5)21-27(23,24)16-8-6-15(7-9-16)19-18(22)12(2)17-13(3)20-26-14(17)4/h6-9,11-12,21H,10H2,1-5H3,(H,19,22). The van der Waals surface area contributed by atoms with Crippen molar-refractivity contribution >= 4 is 21.6 Å². The van der Waals surface area contributed by atoms with E-state index in [1.807, 2.05) is 0 Å². The highest BCUT2D eigenvalue weighted by Crippen LogP contribution is 2.24. The van der Waals surface area contributed by atoms with E-state index in [4.69, 9.17) is 9.26 Å². The first-order valence-corrected chi connectivity index (χ1v) is 9.99. The van der Waals surface area contributed by atoms with Crippen LogP contribution in [0.25, 0.3) is 0 Å². The van der Waals surface area contributed by atoms with Crippen LogP contribution in [0.15, 0.2) is 33.7 Å². The maximum absolute atomic E-state index is 12.5. The predicted octanol–water partition coefficient (Wildman–Crippen LogP) is 2.35. The Balaban J connectivity index is 2.08. The highest BCUT2D eigenvalue weighted by Gasteiger charge is 2.23. The number of hydrogen-bond donors (Lipinski definition) is 2. The van der Waals surface area contributed by atoms with E-state index in [1.165, 1.54) is 19.2 Å². The number of aromatic nitrogens is 1. The Kier molecular flexibility index (Phi) is 6.74. The molecule has 2 unspecified atom stereocenters. The maximum Gasteiger partial charge on any atom is 0.240 e. The van der Waals surface area contributed by atoms with Crippen molar-refractivity contribution in [3.05, 3.63) is 41.3 Å². The van der Waals surface area contributed by atoms with Crippen molar-refractivity contribution in [1.29, 1.82) is 0 Å². The van der Waals surface area contributed by atoms with Crippen LogP contribution < -0.4 is 10.0 Å². The van der Waals surface area contributed by atoms with Gasteiger partial charge >= 0.3 is 0 Å². The summed E-state index contributed by atoms with van der Waals surface area (Å²) in [6.45, 7) is 7.30. The Morgan fingerprint density at radius 3 is 2.37 bits per heavy atom. The van der Waals surface area contributed by atoms with Gasteiger partial charge in [-0.15, -0.1) is 0 Å². The van der Waals surface area contributed by atoms with Crippen molar-refractivity contribution in [2.45, 2.75) is 44.6 Å². The molecule has 2 atom stereocenters. The molecule has 0 fully saturated rings. The SMILES string of the molecule is COCC(C)NS(=O)(=O)c1ccc(NC(=O)C(C)c2c(C)noc2C)cc1. The second-order valence-electron chi connectivity index (χ2n) is 6.45. The molecule has 2 rings (SSSR count). The monoisotopic (exact) mass is 395 g/mol. The Bertz CT molecular complexity index is 871. The molecule has 0 aliphatic heterocycles. The highest BCUT2D eigenvalue weighted by molar-refractivity contribution is 7.89. The first-order chi connectivity index (χ1) is 12.7. The average molecular weight is 395 g/mol. The lowest BCUT2D eigenvalue weighted by atomic mass is 9.98. The van der Waals surface area contributed by atoms with E-state index < -0.39 is 15.9 Å². The zero-order valence-corrected chi connectivity index (χ0v) is 16.9. The molecule has 1 amide bonds. The quantitative estimate of drug-likeness (QED) is 0.710. The largest absolute Gasteiger partial charge is 0.383 e. The minimum atomic E-state index is -3.65. The molecule has 0 aliphatic rings. The van der Waals surface area contributed by atoms with Crippen molar-refractivity contribution in [3.8, 4) is 0 Å². The van der Waals surface area contributed by atoms with E-state index >= 15 is 0 Å². The molecule has 0 bridgehead atoms. The van der Waals surface area contributed by atoms with Crippen LogP contribution in [0.2, 0.25) is 0 Å². The summed E-state index contributed by atoms with van der Waals surface area (Å²) in [5.74, 6) is -0.0732. The minimum absolute atomic E-state index is 0.113. The van der Waals surface area contributed by atoms with Crippen LogP contribution in [0.4, 0.5) is 5.69 Å². The van der Waals surface area contributed by atoms with Crippen molar-refractivity contribution in [2.75, 3.05) is 19.0 Å². The Labute approximate surface area is 159 Å². The molecule has 0 saturated heterocycles. The van der Waals surface area contributed by atoms with Gasteiger partial charge in [-0.05, 0) is 52.0 Å². The van der Waals surface area contributed by atoms with Gasteiger partial charge in [0.05, 0.1) is 23.1 Å². The number of benzene rings is 1. The van der Waals surface area contributed by atoms with E-state index in [1.54, 1.807) is 39.8 Å². The van der Waals surface area contributed by atoms with Crippen molar-refractivity contribution in [3.63, 3.8) is 0 Å². The summed E-state index contributed by atoms with van der Waals surface area (Å²) in [5, 5.41) is 6.64. The van der Waals surface area contributed by atoms with Crippen LogP contribution in [-0.4, -0.2) is 39.2 Å². The Morgan fingerprint density at radius 2 is 1.85 bits per heavy atom. The van der Waals surface area contributed by atoms with Crippen LogP contribution >= 0.6 is 0 Å². The third-order valence-electron chi connectivity index (χ3n) is 4.12. The molecule has 27 heavy (non-hydrogen) atoms. The number of ether oxygens (including phenoxy) is 1. The number of rotatable bonds is 8. The number of sulfonamides is 1. The normalized spacial score (nSPS) is 14.0. The molecule has 9 heteroatoms. The van der Waals surface area contributed by atoms with Crippen molar-refractivity contribution < 1.29 is 22.5 Å².